The summed E-state index contributed by atoms with van der Waals surface area (Å²) < 4.78 is 78.3. The van der Waals surface area contributed by atoms with Crippen molar-refractivity contribution in [3.63, 3.8) is 0 Å². The number of ether oxygens (including phenoxy) is 1. The van der Waals surface area contributed by atoms with Crippen molar-refractivity contribution in [3.05, 3.63) is 86.9 Å². The number of thiophene rings is 1. The Hall–Kier alpha value is -4.01. The van der Waals surface area contributed by atoms with E-state index < -0.39 is 98.2 Å². The highest BCUT2D eigenvalue weighted by molar-refractivity contribution is 7.09. The number of anilines is 1. The van der Waals surface area contributed by atoms with E-state index in [9.17, 15) is 37.5 Å². The summed E-state index contributed by atoms with van der Waals surface area (Å²) in [5.41, 5.74) is -1.47. The lowest BCUT2D eigenvalue weighted by Gasteiger charge is -2.50. The molecule has 4 amide bonds. The minimum absolute atomic E-state index is 0.0134. The molecule has 8 nitrogen and oxygen atoms in total. The van der Waals surface area contributed by atoms with E-state index in [1.54, 1.807) is 23.6 Å². The number of imide groups is 2. The molecule has 2 aromatic carbocycles. The van der Waals surface area contributed by atoms with Gasteiger partial charge in [0.25, 0.3) is 11.8 Å². The van der Waals surface area contributed by atoms with Crippen molar-refractivity contribution < 1.29 is 51.0 Å². The molecule has 6 unspecified atom stereocenters. The van der Waals surface area contributed by atoms with Crippen molar-refractivity contribution >= 4 is 63.9 Å². The molecule has 6 atom stereocenters. The third-order valence-corrected chi connectivity index (χ3v) is 12.0. The number of carbonyl (C=O) groups is 4. The number of rotatable bonds is 5. The highest BCUT2D eigenvalue weighted by atomic mass is 35.5. The van der Waals surface area contributed by atoms with Crippen LogP contribution < -0.4 is 9.64 Å². The number of benzene rings is 2. The van der Waals surface area contributed by atoms with Gasteiger partial charge >= 0.3 is 0 Å². The van der Waals surface area contributed by atoms with Crippen LogP contribution in [0.15, 0.2) is 47.4 Å². The SMILES string of the molecule is COc1cc(C2C3=CCC4C(=O)N(Cc5cccs5)C(=O)C4C3CC3(Cl)C(=O)N(c4c(F)c(F)c(F)c(F)c4F)C(=O)C23Cl)ccc1O. The van der Waals surface area contributed by atoms with Gasteiger partial charge in [0.2, 0.25) is 17.6 Å². The van der Waals surface area contributed by atoms with Crippen molar-refractivity contribution in [2.24, 2.45) is 17.8 Å². The second kappa shape index (κ2) is 11.0. The van der Waals surface area contributed by atoms with E-state index in [-0.39, 0.29) is 40.5 Å². The van der Waals surface area contributed by atoms with Gasteiger partial charge in [0.1, 0.15) is 5.69 Å². The quantitative estimate of drug-likeness (QED) is 0.0875. The van der Waals surface area contributed by atoms with Crippen LogP contribution in [0.3, 0.4) is 0 Å². The van der Waals surface area contributed by atoms with E-state index in [1.807, 2.05) is 0 Å². The van der Waals surface area contributed by atoms with Crippen molar-refractivity contribution in [3.8, 4) is 11.5 Å². The van der Waals surface area contributed by atoms with E-state index in [4.69, 9.17) is 27.9 Å². The van der Waals surface area contributed by atoms with E-state index in [0.717, 1.165) is 9.78 Å². The minimum Gasteiger partial charge on any atom is -0.504 e. The molecule has 3 aromatic rings. The summed E-state index contributed by atoms with van der Waals surface area (Å²) in [6.07, 6.45) is 0.994. The van der Waals surface area contributed by atoms with E-state index in [0.29, 0.717) is 0 Å². The maximum absolute atomic E-state index is 15.2. The lowest BCUT2D eigenvalue weighted by atomic mass is 9.56. The molecule has 2 aliphatic carbocycles. The number of allylic oxidation sites excluding steroid dienone is 2. The van der Waals surface area contributed by atoms with Gasteiger partial charge in [-0.15, -0.1) is 34.5 Å². The second-order valence-electron chi connectivity index (χ2n) is 12.0. The number of likely N-dealkylation sites (tertiary alicyclic amines) is 1. The summed E-state index contributed by atoms with van der Waals surface area (Å²) in [6.45, 7) is -0.0140. The van der Waals surface area contributed by atoms with Gasteiger partial charge in [0.15, 0.2) is 44.5 Å². The summed E-state index contributed by atoms with van der Waals surface area (Å²) in [5.74, 6) is -21.4. The first-order valence-corrected chi connectivity index (χ1v) is 16.0. The van der Waals surface area contributed by atoms with Gasteiger partial charge < -0.3 is 9.84 Å². The first kappa shape index (κ1) is 32.5. The zero-order valence-corrected chi connectivity index (χ0v) is 26.7. The molecule has 48 heavy (non-hydrogen) atoms. The Kier molecular flexibility index (Phi) is 7.46. The molecule has 2 saturated heterocycles. The Bertz CT molecular complexity index is 1970. The van der Waals surface area contributed by atoms with Crippen LogP contribution in [0.5, 0.6) is 11.5 Å². The molecule has 1 aromatic heterocycles. The van der Waals surface area contributed by atoms with Crippen LogP contribution >= 0.6 is 34.5 Å². The van der Waals surface area contributed by atoms with E-state index in [2.05, 4.69) is 0 Å². The Morgan fingerprint density at radius 1 is 0.938 bits per heavy atom. The van der Waals surface area contributed by atoms with Crippen molar-refractivity contribution in [2.45, 2.75) is 35.1 Å². The summed E-state index contributed by atoms with van der Waals surface area (Å²) >= 11 is 15.5. The van der Waals surface area contributed by atoms with Gasteiger partial charge in [-0.05, 0) is 47.9 Å². The number of hydrogen-bond acceptors (Lipinski definition) is 7. The Morgan fingerprint density at radius 2 is 1.60 bits per heavy atom. The van der Waals surface area contributed by atoms with Crippen molar-refractivity contribution in [1.29, 1.82) is 0 Å². The van der Waals surface area contributed by atoms with Crippen LogP contribution in [0.2, 0.25) is 0 Å². The number of nitrogens with zero attached hydrogens (tertiary/aromatic N) is 2. The van der Waals surface area contributed by atoms with Crippen LogP contribution in [0.4, 0.5) is 27.6 Å². The lowest BCUT2D eigenvalue weighted by molar-refractivity contribution is -0.141. The zero-order chi connectivity index (χ0) is 34.6. The number of amides is 4. The molecule has 16 heteroatoms. The predicted octanol–water partition coefficient (Wildman–Crippen LogP) is 5.92. The third kappa shape index (κ3) is 4.11. The van der Waals surface area contributed by atoms with E-state index >= 15 is 8.78 Å². The molecule has 7 rings (SSSR count). The molecule has 0 bridgehead atoms. The normalized spacial score (nSPS) is 29.6. The lowest BCUT2D eigenvalue weighted by Crippen LogP contribution is -2.60. The van der Waals surface area contributed by atoms with Gasteiger partial charge in [-0.2, -0.15) is 0 Å². The predicted molar refractivity (Wildman–Crippen MR) is 161 cm³/mol. The fourth-order valence-electron chi connectivity index (χ4n) is 7.59. The van der Waals surface area contributed by atoms with Crippen molar-refractivity contribution in [1.82, 2.24) is 4.90 Å². The van der Waals surface area contributed by atoms with Crippen LogP contribution in [-0.4, -0.2) is 50.5 Å². The first-order chi connectivity index (χ1) is 22.7. The fourth-order valence-corrected chi connectivity index (χ4v) is 9.22. The number of phenols is 1. The number of methoxy groups -OCH3 is 1. The molecule has 1 N–H and O–H groups in total. The average Bonchev–Trinajstić information content (AvgIpc) is 3.71. The number of phenolic OH excluding ortho intramolecular Hbond substituents is 1. The molecule has 3 heterocycles. The zero-order valence-electron chi connectivity index (χ0n) is 24.4. The van der Waals surface area contributed by atoms with E-state index in [1.165, 1.54) is 36.6 Å². The van der Waals surface area contributed by atoms with Gasteiger partial charge in [-0.25, -0.2) is 26.9 Å². The smallest absolute Gasteiger partial charge is 0.258 e. The van der Waals surface area contributed by atoms with Crippen LogP contribution in [0.1, 0.15) is 29.2 Å². The van der Waals surface area contributed by atoms with Crippen LogP contribution in [0, 0.1) is 46.8 Å². The van der Waals surface area contributed by atoms with Gasteiger partial charge in [-0.1, -0.05) is 23.8 Å². The number of carbonyl (C=O) groups excluding carboxylic acids is 4. The monoisotopic (exact) mass is 726 g/mol. The summed E-state index contributed by atoms with van der Waals surface area (Å²) in [7, 11) is 1.23. The fraction of sp³-hybridized carbons (Fsp3) is 0.312. The van der Waals surface area contributed by atoms with Gasteiger partial charge in [0.05, 0.1) is 25.5 Å². The molecule has 1 saturated carbocycles. The molecule has 0 radical (unpaired) electrons. The number of fused-ring (bicyclic) bond motifs is 4. The second-order valence-corrected chi connectivity index (χ2v) is 14.2. The largest absolute Gasteiger partial charge is 0.504 e. The van der Waals surface area contributed by atoms with Gasteiger partial charge in [0, 0.05) is 10.8 Å². The average molecular weight is 727 g/mol. The third-order valence-electron chi connectivity index (χ3n) is 9.74. The molecule has 4 aliphatic rings. The van der Waals surface area contributed by atoms with Crippen LogP contribution in [-0.2, 0) is 25.7 Å². The maximum Gasteiger partial charge on any atom is 0.258 e. The first-order valence-electron chi connectivity index (χ1n) is 14.4. The number of halogens is 7. The standard InChI is InChI=1S/C32H21Cl2F5N2O6S/c1-47-18-9-12(4-7-17(18)42)20-14-5-6-15-19(28(44)40(27(15)43)11-13-3-2-8-48-13)16(14)10-31(33)29(45)41(30(46)32(20,31)34)26-24(38)22(36)21(35)23(37)25(26)39/h2-5,7-9,15-16,19-20,42H,6,10-11H2,1H3. The molecule has 3 fully saturated rings. The molecular formula is C32H21Cl2F5N2O6S. The number of aromatic hydroxyl groups is 1. The molecule has 250 valence electrons. The number of alkyl halides is 2. The Balaban J connectivity index is 1.42. The molecule has 0 spiro atoms. The Morgan fingerprint density at radius 3 is 2.23 bits per heavy atom. The molecular weight excluding hydrogens is 706 g/mol. The highest BCUT2D eigenvalue weighted by Crippen LogP contribution is 2.66. The molecule has 2 aliphatic heterocycles. The minimum atomic E-state index is -2.68. The maximum atomic E-state index is 15.2. The summed E-state index contributed by atoms with van der Waals surface area (Å²) in [6, 6.07) is 7.29. The van der Waals surface area contributed by atoms with Gasteiger partial charge in [-0.3, -0.25) is 24.1 Å². The Labute approximate surface area is 282 Å². The summed E-state index contributed by atoms with van der Waals surface area (Å²) in [4.78, 5) is 52.4. The van der Waals surface area contributed by atoms with Crippen molar-refractivity contribution in [2.75, 3.05) is 12.0 Å². The van der Waals surface area contributed by atoms with Crippen LogP contribution in [0.25, 0.3) is 0 Å². The topological polar surface area (TPSA) is 104 Å². The highest BCUT2D eigenvalue weighted by Gasteiger charge is 2.77. The number of hydrogen-bond donors (Lipinski definition) is 1. The summed E-state index contributed by atoms with van der Waals surface area (Å²) in [5, 5.41) is 12.1.